The number of carboxylic acids is 1. The third-order valence-corrected chi connectivity index (χ3v) is 3.61. The normalized spacial score (nSPS) is 12.3. The van der Waals surface area contributed by atoms with Gasteiger partial charge in [-0.15, -0.1) is 0 Å². The van der Waals surface area contributed by atoms with E-state index in [1.807, 2.05) is 46.8 Å². The van der Waals surface area contributed by atoms with E-state index < -0.39 is 12.0 Å². The number of aliphatic carboxylic acids is 1. The van der Waals surface area contributed by atoms with E-state index in [-0.39, 0.29) is 11.9 Å². The zero-order chi connectivity index (χ0) is 15.6. The smallest absolute Gasteiger partial charge is 0.331 e. The molecule has 0 radical (unpaired) electrons. The maximum Gasteiger partial charge on any atom is 0.331 e. The summed E-state index contributed by atoms with van der Waals surface area (Å²) in [4.78, 5) is 25.0. The van der Waals surface area contributed by atoms with Crippen LogP contribution in [0.25, 0.3) is 0 Å². The Morgan fingerprint density at radius 2 is 1.55 bits per heavy atom. The van der Waals surface area contributed by atoms with Crippen molar-refractivity contribution in [1.29, 1.82) is 0 Å². The highest BCUT2D eigenvalue weighted by atomic mass is 16.4. The van der Waals surface area contributed by atoms with Crippen molar-refractivity contribution in [2.24, 2.45) is 0 Å². The van der Waals surface area contributed by atoms with E-state index in [4.69, 9.17) is 0 Å². The minimum Gasteiger partial charge on any atom is -0.479 e. The summed E-state index contributed by atoms with van der Waals surface area (Å²) < 4.78 is 0. The highest BCUT2D eigenvalue weighted by Crippen LogP contribution is 2.28. The Balaban J connectivity index is 3.45. The van der Waals surface area contributed by atoms with Gasteiger partial charge < -0.3 is 10.0 Å². The molecule has 0 saturated carbocycles. The summed E-state index contributed by atoms with van der Waals surface area (Å²) in [6.07, 6.45) is 0. The number of benzene rings is 1. The Labute approximate surface area is 120 Å². The van der Waals surface area contributed by atoms with Crippen LogP contribution in [0.2, 0.25) is 0 Å². The third-order valence-electron chi connectivity index (χ3n) is 3.61. The zero-order valence-electron chi connectivity index (χ0n) is 13.0. The van der Waals surface area contributed by atoms with E-state index in [9.17, 15) is 14.7 Å². The maximum atomic E-state index is 11.8. The summed E-state index contributed by atoms with van der Waals surface area (Å²) in [5, 5.41) is 9.59. The summed E-state index contributed by atoms with van der Waals surface area (Å²) in [5.41, 5.74) is 3.73. The van der Waals surface area contributed by atoms with Crippen LogP contribution in [0.3, 0.4) is 0 Å². The van der Waals surface area contributed by atoms with E-state index in [0.29, 0.717) is 5.56 Å². The average molecular weight is 277 g/mol. The summed E-state index contributed by atoms with van der Waals surface area (Å²) in [5.74, 6) is -1.23. The van der Waals surface area contributed by atoms with Gasteiger partial charge in [-0.2, -0.15) is 0 Å². The SMILES string of the molecule is CC(=O)N(C(C)C)C(C(=O)O)c1cc(C)c(C)cc1C. The largest absolute Gasteiger partial charge is 0.479 e. The minimum atomic E-state index is -1.000. The third kappa shape index (κ3) is 3.18. The van der Waals surface area contributed by atoms with E-state index >= 15 is 0 Å². The lowest BCUT2D eigenvalue weighted by Gasteiger charge is -2.33. The Hall–Kier alpha value is -1.84. The van der Waals surface area contributed by atoms with Crippen LogP contribution in [0.15, 0.2) is 12.1 Å². The second-order valence-electron chi connectivity index (χ2n) is 5.55. The van der Waals surface area contributed by atoms with Crippen molar-refractivity contribution in [2.45, 2.75) is 53.6 Å². The Morgan fingerprint density at radius 3 is 1.95 bits per heavy atom. The van der Waals surface area contributed by atoms with Gasteiger partial charge in [0.25, 0.3) is 0 Å². The van der Waals surface area contributed by atoms with Gasteiger partial charge in [-0.1, -0.05) is 12.1 Å². The van der Waals surface area contributed by atoms with Crippen molar-refractivity contribution in [3.63, 3.8) is 0 Å². The first-order valence-electron chi connectivity index (χ1n) is 6.76. The highest BCUT2D eigenvalue weighted by Gasteiger charge is 2.32. The van der Waals surface area contributed by atoms with Crippen LogP contribution in [-0.2, 0) is 9.59 Å². The first-order valence-corrected chi connectivity index (χ1v) is 6.76. The molecule has 1 aromatic carbocycles. The number of nitrogens with zero attached hydrogens (tertiary/aromatic N) is 1. The van der Waals surface area contributed by atoms with Crippen LogP contribution in [0.4, 0.5) is 0 Å². The molecule has 1 atom stereocenters. The summed E-state index contributed by atoms with van der Waals surface area (Å²) >= 11 is 0. The van der Waals surface area contributed by atoms with Crippen LogP contribution in [0.1, 0.15) is 49.1 Å². The summed E-state index contributed by atoms with van der Waals surface area (Å²) in [7, 11) is 0. The molecule has 1 rings (SSSR count). The second-order valence-corrected chi connectivity index (χ2v) is 5.55. The number of carbonyl (C=O) groups excluding carboxylic acids is 1. The van der Waals surface area contributed by atoms with Crippen LogP contribution in [-0.4, -0.2) is 27.9 Å². The molecular formula is C16H23NO3. The number of aryl methyl sites for hydroxylation is 3. The molecule has 0 spiro atoms. The number of hydrogen-bond acceptors (Lipinski definition) is 2. The lowest BCUT2D eigenvalue weighted by Crippen LogP contribution is -2.42. The number of carboxylic acid groups (broad SMARTS) is 1. The van der Waals surface area contributed by atoms with E-state index in [2.05, 4.69) is 0 Å². The molecule has 0 bridgehead atoms. The molecule has 0 aliphatic carbocycles. The maximum absolute atomic E-state index is 11.8. The quantitative estimate of drug-likeness (QED) is 0.920. The van der Waals surface area contributed by atoms with Gasteiger partial charge in [0.15, 0.2) is 6.04 Å². The standard InChI is InChI=1S/C16H23NO3/c1-9(2)17(13(6)18)15(16(19)20)14-8-11(4)10(3)7-12(14)5/h7-9,15H,1-6H3,(H,19,20). The van der Waals surface area contributed by atoms with Crippen molar-refractivity contribution in [3.8, 4) is 0 Å². The molecular weight excluding hydrogens is 254 g/mol. The van der Waals surface area contributed by atoms with Crippen LogP contribution in [0.5, 0.6) is 0 Å². The van der Waals surface area contributed by atoms with Gasteiger partial charge in [0.05, 0.1) is 0 Å². The molecule has 1 unspecified atom stereocenters. The molecule has 4 nitrogen and oxygen atoms in total. The predicted molar refractivity (Wildman–Crippen MR) is 78.7 cm³/mol. The lowest BCUT2D eigenvalue weighted by molar-refractivity contribution is -0.151. The number of carbonyl (C=O) groups is 2. The average Bonchev–Trinajstić information content (AvgIpc) is 2.29. The summed E-state index contributed by atoms with van der Waals surface area (Å²) in [6.45, 7) is 10.9. The molecule has 1 N–H and O–H groups in total. The molecule has 0 heterocycles. The van der Waals surface area contributed by atoms with Crippen molar-refractivity contribution >= 4 is 11.9 Å². The Morgan fingerprint density at radius 1 is 1.05 bits per heavy atom. The first kappa shape index (κ1) is 16.2. The number of rotatable bonds is 4. The van der Waals surface area contributed by atoms with Gasteiger partial charge in [0, 0.05) is 13.0 Å². The second kappa shape index (κ2) is 6.07. The van der Waals surface area contributed by atoms with Crippen molar-refractivity contribution in [1.82, 2.24) is 4.90 Å². The molecule has 0 saturated heterocycles. The van der Waals surface area contributed by atoms with Crippen LogP contribution < -0.4 is 0 Å². The Kier molecular flexibility index (Phi) is 4.93. The lowest BCUT2D eigenvalue weighted by atomic mass is 9.94. The van der Waals surface area contributed by atoms with E-state index in [1.54, 1.807) is 0 Å². The van der Waals surface area contributed by atoms with Crippen molar-refractivity contribution < 1.29 is 14.7 Å². The number of amides is 1. The van der Waals surface area contributed by atoms with Gasteiger partial charge in [-0.05, 0) is 56.9 Å². The van der Waals surface area contributed by atoms with E-state index in [0.717, 1.165) is 16.7 Å². The zero-order valence-corrected chi connectivity index (χ0v) is 13.0. The van der Waals surface area contributed by atoms with E-state index in [1.165, 1.54) is 11.8 Å². The minimum absolute atomic E-state index is 0.172. The number of hydrogen-bond donors (Lipinski definition) is 1. The van der Waals surface area contributed by atoms with Gasteiger partial charge in [0.1, 0.15) is 0 Å². The fourth-order valence-electron chi connectivity index (χ4n) is 2.52. The topological polar surface area (TPSA) is 57.6 Å². The molecule has 0 aliphatic heterocycles. The van der Waals surface area contributed by atoms with Gasteiger partial charge in [-0.25, -0.2) is 4.79 Å². The Bertz CT molecular complexity index is 535. The fraction of sp³-hybridized carbons (Fsp3) is 0.500. The molecule has 20 heavy (non-hydrogen) atoms. The molecule has 110 valence electrons. The predicted octanol–water partition coefficient (Wildman–Crippen LogP) is 2.99. The van der Waals surface area contributed by atoms with Gasteiger partial charge in [-0.3, -0.25) is 4.79 Å². The molecule has 1 aromatic rings. The highest BCUT2D eigenvalue weighted by molar-refractivity contribution is 5.84. The monoisotopic (exact) mass is 277 g/mol. The molecule has 1 amide bonds. The first-order chi connectivity index (χ1) is 9.16. The fourth-order valence-corrected chi connectivity index (χ4v) is 2.52. The van der Waals surface area contributed by atoms with Crippen molar-refractivity contribution in [2.75, 3.05) is 0 Å². The van der Waals surface area contributed by atoms with Crippen LogP contribution >= 0.6 is 0 Å². The molecule has 4 heteroatoms. The molecule has 0 aromatic heterocycles. The van der Waals surface area contributed by atoms with Crippen molar-refractivity contribution in [3.05, 3.63) is 34.4 Å². The van der Waals surface area contributed by atoms with Gasteiger partial charge >= 0.3 is 5.97 Å². The molecule has 0 aliphatic rings. The van der Waals surface area contributed by atoms with Crippen LogP contribution in [0, 0.1) is 20.8 Å². The molecule has 0 fully saturated rings. The van der Waals surface area contributed by atoms with Gasteiger partial charge in [0.2, 0.25) is 5.91 Å². The summed E-state index contributed by atoms with van der Waals surface area (Å²) in [6, 6.07) is 2.74.